The number of benzene rings is 3. The SMILES string of the molecule is O=C(NCCc1ccc(Cl)cc1)c1ccc(N2CC3CC(C2)c2cccc(=O)n2C3)c(NS(=O)(=O)c2ccc(Br)cc2)c1. The second-order valence-electron chi connectivity index (χ2n) is 11.0. The van der Waals surface area contributed by atoms with Gasteiger partial charge in [0.05, 0.1) is 16.3 Å². The zero-order valence-electron chi connectivity index (χ0n) is 23.2. The molecule has 0 radical (unpaired) electrons. The molecule has 0 aliphatic carbocycles. The number of amides is 1. The number of halogens is 2. The van der Waals surface area contributed by atoms with E-state index in [1.54, 1.807) is 36.4 Å². The molecule has 1 fully saturated rings. The van der Waals surface area contributed by atoms with Crippen LogP contribution in [0.4, 0.5) is 11.4 Å². The molecule has 43 heavy (non-hydrogen) atoms. The highest BCUT2D eigenvalue weighted by Gasteiger charge is 2.35. The molecule has 0 spiro atoms. The molecular weight excluding hydrogens is 652 g/mol. The summed E-state index contributed by atoms with van der Waals surface area (Å²) in [5.41, 5.74) is 3.43. The number of aromatic nitrogens is 1. The molecule has 1 aromatic heterocycles. The molecule has 2 aliphatic heterocycles. The summed E-state index contributed by atoms with van der Waals surface area (Å²) in [5.74, 6) is 0.0692. The van der Waals surface area contributed by atoms with Crippen LogP contribution in [-0.4, -0.2) is 38.5 Å². The second-order valence-corrected chi connectivity index (χ2v) is 14.1. The highest BCUT2D eigenvalue weighted by Crippen LogP contribution is 2.40. The fourth-order valence-corrected chi connectivity index (χ4v) is 7.47. The van der Waals surface area contributed by atoms with Crippen molar-refractivity contribution in [2.24, 2.45) is 5.92 Å². The molecule has 4 aromatic rings. The number of pyridine rings is 1. The number of anilines is 2. The van der Waals surface area contributed by atoms with Crippen molar-refractivity contribution in [1.29, 1.82) is 0 Å². The average molecular weight is 682 g/mol. The lowest BCUT2D eigenvalue weighted by Gasteiger charge is -2.44. The Labute approximate surface area is 263 Å². The van der Waals surface area contributed by atoms with Crippen molar-refractivity contribution in [3.63, 3.8) is 0 Å². The Morgan fingerprint density at radius 3 is 2.49 bits per heavy atom. The minimum atomic E-state index is -3.95. The molecule has 2 unspecified atom stereocenters. The Morgan fingerprint density at radius 2 is 1.72 bits per heavy atom. The van der Waals surface area contributed by atoms with Gasteiger partial charge in [0.25, 0.3) is 21.5 Å². The van der Waals surface area contributed by atoms with Crippen molar-refractivity contribution in [2.45, 2.75) is 30.2 Å². The van der Waals surface area contributed by atoms with E-state index in [1.165, 1.54) is 12.1 Å². The number of carbonyl (C=O) groups is 1. The minimum absolute atomic E-state index is 0.00928. The van der Waals surface area contributed by atoms with Crippen LogP contribution in [-0.2, 0) is 23.0 Å². The number of carbonyl (C=O) groups excluding carboxylic acids is 1. The van der Waals surface area contributed by atoms with Crippen LogP contribution in [0.2, 0.25) is 5.02 Å². The van der Waals surface area contributed by atoms with Gasteiger partial charge in [0.2, 0.25) is 0 Å². The Morgan fingerprint density at radius 1 is 0.953 bits per heavy atom. The Hall–Kier alpha value is -3.60. The fraction of sp³-hybridized carbons (Fsp3) is 0.250. The van der Waals surface area contributed by atoms with Gasteiger partial charge in [0, 0.05) is 58.9 Å². The summed E-state index contributed by atoms with van der Waals surface area (Å²) in [6.07, 6.45) is 1.60. The predicted octanol–water partition coefficient (Wildman–Crippen LogP) is 5.66. The second kappa shape index (κ2) is 12.2. The lowest BCUT2D eigenvalue weighted by Crippen LogP contribution is -2.47. The number of fused-ring (bicyclic) bond motifs is 4. The molecule has 6 rings (SSSR count). The van der Waals surface area contributed by atoms with Crippen LogP contribution in [0.15, 0.2) is 99.1 Å². The molecule has 1 saturated heterocycles. The van der Waals surface area contributed by atoms with Crippen molar-refractivity contribution in [2.75, 3.05) is 29.3 Å². The highest BCUT2D eigenvalue weighted by atomic mass is 79.9. The predicted molar refractivity (Wildman–Crippen MR) is 173 cm³/mol. The first-order chi connectivity index (χ1) is 20.7. The van der Waals surface area contributed by atoms with E-state index in [2.05, 4.69) is 30.9 Å². The minimum Gasteiger partial charge on any atom is -0.369 e. The monoisotopic (exact) mass is 680 g/mol. The van der Waals surface area contributed by atoms with Crippen molar-refractivity contribution in [1.82, 2.24) is 9.88 Å². The molecule has 2 bridgehead atoms. The molecule has 2 atom stereocenters. The normalized spacial score (nSPS) is 17.7. The lowest BCUT2D eigenvalue weighted by atomic mass is 9.83. The third kappa shape index (κ3) is 6.51. The highest BCUT2D eigenvalue weighted by molar-refractivity contribution is 9.10. The zero-order valence-corrected chi connectivity index (χ0v) is 26.3. The molecular formula is C32H30BrClN4O4S. The van der Waals surface area contributed by atoms with E-state index >= 15 is 0 Å². The van der Waals surface area contributed by atoms with Crippen molar-refractivity contribution in [3.05, 3.63) is 122 Å². The molecule has 11 heteroatoms. The largest absolute Gasteiger partial charge is 0.369 e. The van der Waals surface area contributed by atoms with Crippen LogP contribution >= 0.6 is 27.5 Å². The summed E-state index contributed by atoms with van der Waals surface area (Å²) in [6.45, 7) is 2.32. The van der Waals surface area contributed by atoms with Gasteiger partial charge >= 0.3 is 0 Å². The fourth-order valence-electron chi connectivity index (χ4n) is 6.02. The molecule has 1 amide bonds. The van der Waals surface area contributed by atoms with Gasteiger partial charge in [-0.3, -0.25) is 14.3 Å². The Kier molecular flexibility index (Phi) is 8.35. The maximum Gasteiger partial charge on any atom is 0.261 e. The third-order valence-electron chi connectivity index (χ3n) is 8.06. The summed E-state index contributed by atoms with van der Waals surface area (Å²) in [4.78, 5) is 28.0. The van der Waals surface area contributed by atoms with Gasteiger partial charge in [-0.1, -0.05) is 45.7 Å². The zero-order chi connectivity index (χ0) is 30.1. The van der Waals surface area contributed by atoms with Crippen LogP contribution in [0.3, 0.4) is 0 Å². The number of nitrogens with zero attached hydrogens (tertiary/aromatic N) is 2. The topological polar surface area (TPSA) is 101 Å². The first kappa shape index (κ1) is 29.5. The number of sulfonamides is 1. The quantitative estimate of drug-likeness (QED) is 0.250. The third-order valence-corrected chi connectivity index (χ3v) is 10.2. The van der Waals surface area contributed by atoms with E-state index < -0.39 is 10.0 Å². The van der Waals surface area contributed by atoms with Crippen molar-refractivity contribution >= 4 is 54.8 Å². The van der Waals surface area contributed by atoms with Crippen LogP contribution in [0.25, 0.3) is 0 Å². The van der Waals surface area contributed by atoms with E-state index in [4.69, 9.17) is 11.6 Å². The van der Waals surface area contributed by atoms with Crippen molar-refractivity contribution < 1.29 is 13.2 Å². The van der Waals surface area contributed by atoms with Gasteiger partial charge in [-0.05, 0) is 85.0 Å². The van der Waals surface area contributed by atoms with E-state index in [0.29, 0.717) is 54.6 Å². The standard InChI is InChI=1S/C32H30BrClN4O4S/c33-25-7-11-27(12-8-25)43(41,42)36-28-17-23(32(40)35-15-14-21-4-9-26(34)10-5-21)6-13-30(28)37-18-22-16-24(20-37)29-2-1-3-31(39)38(29)19-22/h1-13,17,22,24,36H,14-16,18-20H2,(H,35,40). The van der Waals surface area contributed by atoms with Gasteiger partial charge in [-0.25, -0.2) is 8.42 Å². The number of rotatable bonds is 8. The summed E-state index contributed by atoms with van der Waals surface area (Å²) < 4.78 is 32.4. The molecule has 222 valence electrons. The van der Waals surface area contributed by atoms with Gasteiger partial charge in [0.15, 0.2) is 0 Å². The van der Waals surface area contributed by atoms with Crippen LogP contribution in [0, 0.1) is 5.92 Å². The molecule has 0 saturated carbocycles. The van der Waals surface area contributed by atoms with E-state index in [0.717, 1.165) is 22.2 Å². The summed E-state index contributed by atoms with van der Waals surface area (Å²) >= 11 is 9.32. The van der Waals surface area contributed by atoms with Crippen LogP contribution in [0.1, 0.15) is 34.0 Å². The smallest absolute Gasteiger partial charge is 0.261 e. The van der Waals surface area contributed by atoms with Crippen LogP contribution < -0.4 is 20.5 Å². The Balaban J connectivity index is 1.28. The number of hydrogen-bond donors (Lipinski definition) is 2. The molecule has 3 aromatic carbocycles. The summed E-state index contributed by atoms with van der Waals surface area (Å²) in [6, 6.07) is 24.4. The number of piperidine rings is 1. The maximum atomic E-state index is 13.5. The van der Waals surface area contributed by atoms with Gasteiger partial charge in [-0.2, -0.15) is 0 Å². The molecule has 3 heterocycles. The first-order valence-corrected chi connectivity index (χ1v) is 16.7. The number of nitrogens with one attached hydrogen (secondary N) is 2. The average Bonchev–Trinajstić information content (AvgIpc) is 2.98. The molecule has 2 aliphatic rings. The molecule has 2 N–H and O–H groups in total. The summed E-state index contributed by atoms with van der Waals surface area (Å²) in [5, 5.41) is 3.59. The van der Waals surface area contributed by atoms with E-state index in [-0.39, 0.29) is 28.2 Å². The Bertz CT molecular complexity index is 1830. The van der Waals surface area contributed by atoms with E-state index in [9.17, 15) is 18.0 Å². The van der Waals surface area contributed by atoms with Gasteiger partial charge in [0.1, 0.15) is 0 Å². The lowest BCUT2D eigenvalue weighted by molar-refractivity contribution is 0.0954. The van der Waals surface area contributed by atoms with Gasteiger partial charge in [-0.15, -0.1) is 0 Å². The van der Waals surface area contributed by atoms with Crippen LogP contribution in [0.5, 0.6) is 0 Å². The van der Waals surface area contributed by atoms with Crippen molar-refractivity contribution in [3.8, 4) is 0 Å². The van der Waals surface area contributed by atoms with Gasteiger partial charge < -0.3 is 14.8 Å². The summed E-state index contributed by atoms with van der Waals surface area (Å²) in [7, 11) is -3.95. The number of hydrogen-bond acceptors (Lipinski definition) is 5. The molecule has 8 nitrogen and oxygen atoms in total. The van der Waals surface area contributed by atoms with E-state index in [1.807, 2.05) is 41.0 Å². The maximum absolute atomic E-state index is 13.5. The first-order valence-electron chi connectivity index (χ1n) is 14.1.